The third-order valence-corrected chi connectivity index (χ3v) is 3.30. The van der Waals surface area contributed by atoms with Crippen LogP contribution in [0.15, 0.2) is 0 Å². The molecule has 2 unspecified atom stereocenters. The Morgan fingerprint density at radius 3 is 3.00 bits per heavy atom. The van der Waals surface area contributed by atoms with Gasteiger partial charge in [-0.05, 0) is 38.4 Å². The molecular formula is C12H25N3O. The van der Waals surface area contributed by atoms with E-state index in [4.69, 9.17) is 5.73 Å². The summed E-state index contributed by atoms with van der Waals surface area (Å²) in [5, 5.41) is 3.40. The molecule has 0 saturated carbocycles. The van der Waals surface area contributed by atoms with Crippen molar-refractivity contribution in [1.82, 2.24) is 10.2 Å². The second-order valence-electron chi connectivity index (χ2n) is 4.88. The molecule has 0 spiro atoms. The number of carbonyl (C=O) groups is 1. The van der Waals surface area contributed by atoms with Gasteiger partial charge in [0.15, 0.2) is 0 Å². The first-order valence-electron chi connectivity index (χ1n) is 6.35. The van der Waals surface area contributed by atoms with Crippen LogP contribution in [0.4, 0.5) is 0 Å². The van der Waals surface area contributed by atoms with Crippen molar-refractivity contribution in [2.45, 2.75) is 26.7 Å². The van der Waals surface area contributed by atoms with Crippen LogP contribution in [-0.2, 0) is 4.79 Å². The molecule has 0 bridgehead atoms. The molecule has 1 saturated heterocycles. The predicted molar refractivity (Wildman–Crippen MR) is 66.1 cm³/mol. The van der Waals surface area contributed by atoms with Gasteiger partial charge in [0, 0.05) is 19.0 Å². The van der Waals surface area contributed by atoms with E-state index in [0.29, 0.717) is 0 Å². The number of hydrogen-bond donors (Lipinski definition) is 2. The number of primary amides is 1. The minimum atomic E-state index is -0.186. The SMILES string of the molecule is CCNCC1CCCN(CC(C)C(N)=O)C1. The summed E-state index contributed by atoms with van der Waals surface area (Å²) in [5.74, 6) is 0.514. The van der Waals surface area contributed by atoms with Gasteiger partial charge in [0.1, 0.15) is 0 Å². The molecule has 94 valence electrons. The molecule has 1 heterocycles. The molecule has 1 amide bonds. The van der Waals surface area contributed by atoms with Crippen molar-refractivity contribution < 1.29 is 4.79 Å². The zero-order valence-electron chi connectivity index (χ0n) is 10.5. The van der Waals surface area contributed by atoms with E-state index in [9.17, 15) is 4.79 Å². The number of piperidine rings is 1. The van der Waals surface area contributed by atoms with Gasteiger partial charge in [0.25, 0.3) is 0 Å². The van der Waals surface area contributed by atoms with Crippen LogP contribution in [0.25, 0.3) is 0 Å². The smallest absolute Gasteiger partial charge is 0.221 e. The Hall–Kier alpha value is -0.610. The lowest BCUT2D eigenvalue weighted by molar-refractivity contribution is -0.122. The van der Waals surface area contributed by atoms with Gasteiger partial charge in [-0.3, -0.25) is 4.79 Å². The standard InChI is InChI=1S/C12H25N3O/c1-3-14-7-11-5-4-6-15(9-11)8-10(2)12(13)16/h10-11,14H,3-9H2,1-2H3,(H2,13,16). The first kappa shape index (κ1) is 13.5. The molecule has 1 fully saturated rings. The van der Waals surface area contributed by atoms with Gasteiger partial charge >= 0.3 is 0 Å². The molecule has 16 heavy (non-hydrogen) atoms. The van der Waals surface area contributed by atoms with Gasteiger partial charge in [-0.15, -0.1) is 0 Å². The van der Waals surface area contributed by atoms with Gasteiger partial charge in [0.2, 0.25) is 5.91 Å². The van der Waals surface area contributed by atoms with Gasteiger partial charge in [-0.1, -0.05) is 13.8 Å². The summed E-state index contributed by atoms with van der Waals surface area (Å²) < 4.78 is 0. The number of likely N-dealkylation sites (tertiary alicyclic amines) is 1. The summed E-state index contributed by atoms with van der Waals surface area (Å²) in [7, 11) is 0. The number of nitrogens with zero attached hydrogens (tertiary/aromatic N) is 1. The Balaban J connectivity index is 2.29. The highest BCUT2D eigenvalue weighted by Crippen LogP contribution is 2.16. The first-order valence-corrected chi connectivity index (χ1v) is 6.35. The van der Waals surface area contributed by atoms with E-state index in [2.05, 4.69) is 17.1 Å². The monoisotopic (exact) mass is 227 g/mol. The summed E-state index contributed by atoms with van der Waals surface area (Å²) in [6.07, 6.45) is 2.54. The van der Waals surface area contributed by atoms with Crippen LogP contribution in [0.2, 0.25) is 0 Å². The Morgan fingerprint density at radius 2 is 2.38 bits per heavy atom. The molecule has 1 aliphatic rings. The minimum absolute atomic E-state index is 0.0297. The number of nitrogens with two attached hydrogens (primary N) is 1. The molecule has 4 heteroatoms. The number of amides is 1. The van der Waals surface area contributed by atoms with E-state index in [0.717, 1.165) is 38.6 Å². The molecule has 4 nitrogen and oxygen atoms in total. The van der Waals surface area contributed by atoms with Crippen LogP contribution < -0.4 is 11.1 Å². The normalized spacial score (nSPS) is 24.2. The second kappa shape index (κ2) is 6.86. The molecule has 0 aromatic carbocycles. The highest BCUT2D eigenvalue weighted by atomic mass is 16.1. The van der Waals surface area contributed by atoms with Crippen LogP contribution in [0.5, 0.6) is 0 Å². The molecule has 0 aromatic rings. The summed E-state index contributed by atoms with van der Waals surface area (Å²) in [6.45, 7) is 9.21. The molecule has 3 N–H and O–H groups in total. The van der Waals surface area contributed by atoms with E-state index >= 15 is 0 Å². The lowest BCUT2D eigenvalue weighted by Gasteiger charge is -2.33. The van der Waals surface area contributed by atoms with Crippen molar-refractivity contribution >= 4 is 5.91 Å². The minimum Gasteiger partial charge on any atom is -0.369 e. The number of hydrogen-bond acceptors (Lipinski definition) is 3. The van der Waals surface area contributed by atoms with Gasteiger partial charge < -0.3 is 16.0 Å². The maximum Gasteiger partial charge on any atom is 0.221 e. The second-order valence-corrected chi connectivity index (χ2v) is 4.88. The Morgan fingerprint density at radius 1 is 1.62 bits per heavy atom. The number of nitrogens with one attached hydrogen (secondary N) is 1. The van der Waals surface area contributed by atoms with Crippen LogP contribution >= 0.6 is 0 Å². The van der Waals surface area contributed by atoms with Crippen molar-refractivity contribution in [3.8, 4) is 0 Å². The van der Waals surface area contributed by atoms with E-state index in [1.807, 2.05) is 6.92 Å². The average molecular weight is 227 g/mol. The number of carbonyl (C=O) groups excluding carboxylic acids is 1. The quantitative estimate of drug-likeness (QED) is 0.692. The summed E-state index contributed by atoms with van der Waals surface area (Å²) >= 11 is 0. The fraction of sp³-hybridized carbons (Fsp3) is 0.917. The van der Waals surface area contributed by atoms with Crippen molar-refractivity contribution in [2.75, 3.05) is 32.7 Å². The summed E-state index contributed by atoms with van der Waals surface area (Å²) in [5.41, 5.74) is 5.29. The lowest BCUT2D eigenvalue weighted by atomic mass is 9.97. The zero-order valence-corrected chi connectivity index (χ0v) is 10.5. The summed E-state index contributed by atoms with van der Waals surface area (Å²) in [4.78, 5) is 13.4. The van der Waals surface area contributed by atoms with Crippen LogP contribution in [0, 0.1) is 11.8 Å². The van der Waals surface area contributed by atoms with Crippen molar-refractivity contribution in [3.63, 3.8) is 0 Å². The zero-order chi connectivity index (χ0) is 12.0. The molecule has 2 atom stereocenters. The molecule has 0 aliphatic carbocycles. The van der Waals surface area contributed by atoms with Crippen LogP contribution in [0.1, 0.15) is 26.7 Å². The number of rotatable bonds is 6. The third-order valence-electron chi connectivity index (χ3n) is 3.30. The van der Waals surface area contributed by atoms with E-state index in [1.165, 1.54) is 12.8 Å². The predicted octanol–water partition coefficient (Wildman–Crippen LogP) is 0.429. The van der Waals surface area contributed by atoms with Crippen molar-refractivity contribution in [3.05, 3.63) is 0 Å². The molecule has 0 radical (unpaired) electrons. The average Bonchev–Trinajstić information content (AvgIpc) is 2.26. The molecule has 0 aromatic heterocycles. The fourth-order valence-corrected chi connectivity index (χ4v) is 2.31. The lowest BCUT2D eigenvalue weighted by Crippen LogP contribution is -2.43. The Labute approximate surface area is 98.6 Å². The topological polar surface area (TPSA) is 58.4 Å². The van der Waals surface area contributed by atoms with E-state index in [1.54, 1.807) is 0 Å². The maximum absolute atomic E-state index is 11.0. The summed E-state index contributed by atoms with van der Waals surface area (Å²) in [6, 6.07) is 0. The Kier molecular flexibility index (Phi) is 5.77. The van der Waals surface area contributed by atoms with E-state index < -0.39 is 0 Å². The first-order chi connectivity index (χ1) is 7.63. The molecular weight excluding hydrogens is 202 g/mol. The van der Waals surface area contributed by atoms with Gasteiger partial charge in [-0.2, -0.15) is 0 Å². The van der Waals surface area contributed by atoms with Crippen LogP contribution in [-0.4, -0.2) is 43.5 Å². The molecule has 1 aliphatic heterocycles. The van der Waals surface area contributed by atoms with E-state index in [-0.39, 0.29) is 11.8 Å². The fourth-order valence-electron chi connectivity index (χ4n) is 2.31. The maximum atomic E-state index is 11.0. The molecule has 1 rings (SSSR count). The van der Waals surface area contributed by atoms with Crippen molar-refractivity contribution in [1.29, 1.82) is 0 Å². The van der Waals surface area contributed by atoms with Gasteiger partial charge in [-0.25, -0.2) is 0 Å². The van der Waals surface area contributed by atoms with Crippen LogP contribution in [0.3, 0.4) is 0 Å². The Bertz CT molecular complexity index is 220. The third kappa shape index (κ3) is 4.49. The van der Waals surface area contributed by atoms with Gasteiger partial charge in [0.05, 0.1) is 0 Å². The highest BCUT2D eigenvalue weighted by molar-refractivity contribution is 5.76. The van der Waals surface area contributed by atoms with Crippen molar-refractivity contribution in [2.24, 2.45) is 17.6 Å². The largest absolute Gasteiger partial charge is 0.369 e. The highest BCUT2D eigenvalue weighted by Gasteiger charge is 2.22.